The average Bonchev–Trinajstić information content (AvgIpc) is 2.47. The van der Waals surface area contributed by atoms with Gasteiger partial charge < -0.3 is 4.74 Å². The van der Waals surface area contributed by atoms with Crippen molar-refractivity contribution in [2.75, 3.05) is 12.0 Å². The van der Waals surface area contributed by atoms with Crippen molar-refractivity contribution in [3.8, 4) is 5.75 Å². The number of benzene rings is 1. The van der Waals surface area contributed by atoms with Gasteiger partial charge in [-0.25, -0.2) is 10.4 Å². The van der Waals surface area contributed by atoms with Crippen molar-refractivity contribution >= 4 is 12.2 Å². The molecule has 6 nitrogen and oxygen atoms in total. The van der Waals surface area contributed by atoms with E-state index in [9.17, 15) is 4.79 Å². The highest BCUT2D eigenvalue weighted by molar-refractivity contribution is 5.80. The number of aromatic nitrogens is 2. The van der Waals surface area contributed by atoms with E-state index in [-0.39, 0.29) is 11.5 Å². The quantitative estimate of drug-likeness (QED) is 0.635. The van der Waals surface area contributed by atoms with Gasteiger partial charge >= 0.3 is 0 Å². The van der Waals surface area contributed by atoms with Crippen LogP contribution in [-0.4, -0.2) is 22.8 Å². The van der Waals surface area contributed by atoms with Crippen molar-refractivity contribution in [3.63, 3.8) is 0 Å². The molecule has 0 aliphatic rings. The lowest BCUT2D eigenvalue weighted by Gasteiger charge is -2.06. The maximum atomic E-state index is 11.6. The van der Waals surface area contributed by atoms with Gasteiger partial charge in [0, 0.05) is 6.07 Å². The van der Waals surface area contributed by atoms with Crippen LogP contribution < -0.4 is 15.7 Å². The predicted octanol–water partition coefficient (Wildman–Crippen LogP) is 2.74. The lowest BCUT2D eigenvalue weighted by Crippen LogP contribution is -2.12. The highest BCUT2D eigenvalue weighted by Gasteiger charge is 2.04. The molecule has 0 bridgehead atoms. The summed E-state index contributed by atoms with van der Waals surface area (Å²) in [5, 5.41) is 4.09. The van der Waals surface area contributed by atoms with Gasteiger partial charge in [0.25, 0.3) is 5.56 Å². The number of H-pyrrole nitrogens is 1. The molecular weight excluding hydrogens is 280 g/mol. The smallest absolute Gasteiger partial charge is 0.252 e. The molecule has 0 atom stereocenters. The first kappa shape index (κ1) is 15.8. The Balaban J connectivity index is 2.09. The molecule has 2 rings (SSSR count). The Morgan fingerprint density at radius 1 is 1.41 bits per heavy atom. The zero-order valence-electron chi connectivity index (χ0n) is 13.0. The van der Waals surface area contributed by atoms with Crippen molar-refractivity contribution in [1.82, 2.24) is 9.97 Å². The summed E-state index contributed by atoms with van der Waals surface area (Å²) in [6.07, 6.45) is 1.64. The molecule has 6 heteroatoms. The number of ether oxygens (including phenoxy) is 1. The molecule has 0 aliphatic carbocycles. The Hall–Kier alpha value is -2.63. The number of rotatable bonds is 6. The van der Waals surface area contributed by atoms with E-state index in [4.69, 9.17) is 4.74 Å². The Labute approximate surface area is 129 Å². The summed E-state index contributed by atoms with van der Waals surface area (Å²) in [6, 6.07) is 9.07. The van der Waals surface area contributed by atoms with Crippen molar-refractivity contribution < 1.29 is 4.74 Å². The molecule has 0 radical (unpaired) electrons. The Kier molecular flexibility index (Phi) is 5.30. The van der Waals surface area contributed by atoms with Gasteiger partial charge in [-0.2, -0.15) is 5.10 Å². The summed E-state index contributed by atoms with van der Waals surface area (Å²) >= 11 is 0. The third kappa shape index (κ3) is 4.44. The fourth-order valence-electron chi connectivity index (χ4n) is 1.84. The van der Waals surface area contributed by atoms with E-state index in [0.717, 1.165) is 17.0 Å². The molecule has 0 spiro atoms. The Bertz CT molecular complexity index is 707. The fraction of sp³-hybridized carbons (Fsp3) is 0.312. The van der Waals surface area contributed by atoms with Crippen LogP contribution in [0.3, 0.4) is 0 Å². The summed E-state index contributed by atoms with van der Waals surface area (Å²) < 4.78 is 5.43. The standard InChI is InChI=1S/C16H20N4O2/c1-4-22-13-7-5-6-12(8-13)10-17-20-16-18-14(11(2)3)9-15(21)19-16/h5-11H,4H2,1-3H3,(H2,18,19,20,21)/b17-10-. The molecule has 116 valence electrons. The Morgan fingerprint density at radius 3 is 2.95 bits per heavy atom. The van der Waals surface area contributed by atoms with Crippen molar-refractivity contribution in [2.45, 2.75) is 26.7 Å². The van der Waals surface area contributed by atoms with E-state index in [2.05, 4.69) is 20.5 Å². The minimum absolute atomic E-state index is 0.176. The average molecular weight is 300 g/mol. The third-order valence-corrected chi connectivity index (χ3v) is 2.91. The van der Waals surface area contributed by atoms with Crippen LogP contribution in [0.25, 0.3) is 0 Å². The molecule has 1 heterocycles. The third-order valence-electron chi connectivity index (χ3n) is 2.91. The second-order valence-corrected chi connectivity index (χ2v) is 5.05. The van der Waals surface area contributed by atoms with Crippen LogP contribution in [0, 0.1) is 0 Å². The largest absolute Gasteiger partial charge is 0.494 e. The summed E-state index contributed by atoms with van der Waals surface area (Å²) in [5.41, 5.74) is 4.16. The van der Waals surface area contributed by atoms with Crippen LogP contribution in [0.15, 0.2) is 40.2 Å². The molecule has 0 aliphatic heterocycles. The van der Waals surface area contributed by atoms with E-state index in [1.807, 2.05) is 45.0 Å². The molecule has 0 amide bonds. The van der Waals surface area contributed by atoms with Gasteiger partial charge in [-0.15, -0.1) is 0 Å². The number of hydrogen-bond donors (Lipinski definition) is 2. The number of nitrogens with one attached hydrogen (secondary N) is 2. The second kappa shape index (κ2) is 7.40. The first-order chi connectivity index (χ1) is 10.6. The van der Waals surface area contributed by atoms with Crippen LogP contribution in [0.5, 0.6) is 5.75 Å². The summed E-state index contributed by atoms with van der Waals surface area (Å²) in [4.78, 5) is 18.5. The normalized spacial score (nSPS) is 11.1. The van der Waals surface area contributed by atoms with Crippen molar-refractivity contribution in [2.24, 2.45) is 5.10 Å². The van der Waals surface area contributed by atoms with Gasteiger partial charge in [0.05, 0.1) is 18.5 Å². The molecule has 0 saturated carbocycles. The minimum atomic E-state index is -0.199. The predicted molar refractivity (Wildman–Crippen MR) is 87.8 cm³/mol. The molecule has 1 aromatic heterocycles. The van der Waals surface area contributed by atoms with E-state index in [1.165, 1.54) is 6.07 Å². The highest BCUT2D eigenvalue weighted by Crippen LogP contribution is 2.12. The molecule has 2 N–H and O–H groups in total. The zero-order valence-corrected chi connectivity index (χ0v) is 13.0. The zero-order chi connectivity index (χ0) is 15.9. The van der Waals surface area contributed by atoms with Gasteiger partial charge in [0.1, 0.15) is 5.75 Å². The molecule has 0 fully saturated rings. The van der Waals surface area contributed by atoms with E-state index < -0.39 is 0 Å². The maximum absolute atomic E-state index is 11.6. The van der Waals surface area contributed by atoms with E-state index >= 15 is 0 Å². The summed E-state index contributed by atoms with van der Waals surface area (Å²) in [5.74, 6) is 1.29. The number of nitrogens with zero attached hydrogens (tertiary/aromatic N) is 2. The monoisotopic (exact) mass is 300 g/mol. The second-order valence-electron chi connectivity index (χ2n) is 5.05. The fourth-order valence-corrected chi connectivity index (χ4v) is 1.84. The number of hydrazone groups is 1. The summed E-state index contributed by atoms with van der Waals surface area (Å²) in [7, 11) is 0. The lowest BCUT2D eigenvalue weighted by atomic mass is 10.1. The van der Waals surface area contributed by atoms with Gasteiger partial charge in [-0.05, 0) is 30.5 Å². The molecule has 2 aromatic rings. The SMILES string of the molecule is CCOc1cccc(/C=N\Nc2nc(C(C)C)cc(=O)[nH]2)c1. The minimum Gasteiger partial charge on any atom is -0.494 e. The maximum Gasteiger partial charge on any atom is 0.252 e. The van der Waals surface area contributed by atoms with E-state index in [0.29, 0.717) is 12.6 Å². The van der Waals surface area contributed by atoms with E-state index in [1.54, 1.807) is 6.21 Å². The highest BCUT2D eigenvalue weighted by atomic mass is 16.5. The molecule has 22 heavy (non-hydrogen) atoms. The number of hydrogen-bond acceptors (Lipinski definition) is 5. The van der Waals surface area contributed by atoms with Gasteiger partial charge in [-0.1, -0.05) is 26.0 Å². The van der Waals surface area contributed by atoms with Crippen LogP contribution in [0.2, 0.25) is 0 Å². The lowest BCUT2D eigenvalue weighted by molar-refractivity contribution is 0.340. The van der Waals surface area contributed by atoms with Crippen molar-refractivity contribution in [3.05, 3.63) is 51.9 Å². The van der Waals surface area contributed by atoms with Crippen LogP contribution in [0.4, 0.5) is 5.95 Å². The van der Waals surface area contributed by atoms with Crippen molar-refractivity contribution in [1.29, 1.82) is 0 Å². The van der Waals surface area contributed by atoms with Gasteiger partial charge in [0.15, 0.2) is 0 Å². The molecule has 1 aromatic carbocycles. The van der Waals surface area contributed by atoms with Gasteiger partial charge in [0.2, 0.25) is 5.95 Å². The first-order valence-electron chi connectivity index (χ1n) is 7.21. The Morgan fingerprint density at radius 2 is 2.23 bits per heavy atom. The summed E-state index contributed by atoms with van der Waals surface area (Å²) in [6.45, 7) is 6.51. The topological polar surface area (TPSA) is 79.4 Å². The number of anilines is 1. The molecule has 0 saturated heterocycles. The van der Waals surface area contributed by atoms with Crippen LogP contribution >= 0.6 is 0 Å². The van der Waals surface area contributed by atoms with Gasteiger partial charge in [-0.3, -0.25) is 9.78 Å². The molecule has 0 unspecified atom stereocenters. The molecular formula is C16H20N4O2. The first-order valence-corrected chi connectivity index (χ1v) is 7.21. The van der Waals surface area contributed by atoms with Crippen LogP contribution in [0.1, 0.15) is 37.9 Å². The van der Waals surface area contributed by atoms with Crippen LogP contribution in [-0.2, 0) is 0 Å². The number of aromatic amines is 1.